The lowest BCUT2D eigenvalue weighted by molar-refractivity contribution is -0.233. The number of unbranched alkanes of at least 4 members (excludes halogenated alkanes) is 18. The van der Waals surface area contributed by atoms with Gasteiger partial charge in [-0.2, -0.15) is 0 Å². The third-order valence-electron chi connectivity index (χ3n) is 17.6. The molecule has 4 saturated carbocycles. The van der Waals surface area contributed by atoms with Gasteiger partial charge in [0, 0.05) is 13.0 Å². The van der Waals surface area contributed by atoms with Crippen molar-refractivity contribution >= 4 is 5.91 Å². The Bertz CT molecular complexity index is 1110. The van der Waals surface area contributed by atoms with Crippen LogP contribution in [0.15, 0.2) is 0 Å². The van der Waals surface area contributed by atoms with Crippen LogP contribution in [0.25, 0.3) is 0 Å². The molecule has 0 aromatic rings. The molecule has 4 fully saturated rings. The first-order valence-corrected chi connectivity index (χ1v) is 25.9. The van der Waals surface area contributed by atoms with E-state index in [9.17, 15) is 20.1 Å². The SMILES string of the molecule is CCCCCCCCCCCCN(CCCCCCCCCCCC)CCCNC(=O)CC[C@@H](C)[C@H]1CCC2[C@H]3C(C[C@H](O)[C@@]21C)[C@@]1(C)CC[C@@H](O)C[C@@]1(C)C[C@H]3O. The lowest BCUT2D eigenvalue weighted by Crippen LogP contribution is -2.65. The van der Waals surface area contributed by atoms with E-state index in [1.165, 1.54) is 142 Å². The maximum Gasteiger partial charge on any atom is 0.220 e. The topological polar surface area (TPSA) is 93.0 Å². The van der Waals surface area contributed by atoms with Gasteiger partial charge in [0.15, 0.2) is 0 Å². The van der Waals surface area contributed by atoms with Crippen LogP contribution in [0.2, 0.25) is 0 Å². The van der Waals surface area contributed by atoms with Crippen molar-refractivity contribution in [3.8, 4) is 0 Å². The number of aliphatic hydroxyl groups is 3. The Labute approximate surface area is 359 Å². The summed E-state index contributed by atoms with van der Waals surface area (Å²) in [7, 11) is 0. The number of carbonyl (C=O) groups is 1. The molecular formula is C52H98N2O4. The maximum atomic E-state index is 13.2. The summed E-state index contributed by atoms with van der Waals surface area (Å²) >= 11 is 0. The van der Waals surface area contributed by atoms with Gasteiger partial charge in [0.25, 0.3) is 0 Å². The number of nitrogens with one attached hydrogen (secondary N) is 1. The minimum atomic E-state index is -0.385. The van der Waals surface area contributed by atoms with Crippen molar-refractivity contribution < 1.29 is 20.1 Å². The first kappa shape index (κ1) is 50.0. The molecular weight excluding hydrogens is 717 g/mol. The molecule has 0 aliphatic heterocycles. The van der Waals surface area contributed by atoms with Gasteiger partial charge in [-0.05, 0) is 136 Å². The average Bonchev–Trinajstić information content (AvgIpc) is 3.55. The number of carbonyl (C=O) groups excluding carboxylic acids is 1. The fraction of sp³-hybridized carbons (Fsp3) is 0.981. The third kappa shape index (κ3) is 13.7. The second kappa shape index (κ2) is 25.4. The van der Waals surface area contributed by atoms with Gasteiger partial charge < -0.3 is 25.5 Å². The van der Waals surface area contributed by atoms with E-state index in [0.717, 1.165) is 70.9 Å². The Morgan fingerprint density at radius 2 is 1.19 bits per heavy atom. The molecule has 0 aromatic carbocycles. The van der Waals surface area contributed by atoms with Crippen LogP contribution in [0, 0.1) is 45.8 Å². The molecule has 4 rings (SSSR count). The average molecular weight is 815 g/mol. The summed E-state index contributed by atoms with van der Waals surface area (Å²) in [5.74, 6) is 1.73. The molecule has 0 heterocycles. The maximum absolute atomic E-state index is 13.2. The molecule has 0 aromatic heterocycles. The molecule has 11 atom stereocenters. The molecule has 340 valence electrons. The van der Waals surface area contributed by atoms with Crippen LogP contribution in [-0.2, 0) is 4.79 Å². The normalized spacial score (nSPS) is 33.8. The molecule has 0 saturated heterocycles. The minimum Gasteiger partial charge on any atom is -0.393 e. The Hall–Kier alpha value is -0.690. The molecule has 4 N–H and O–H groups in total. The summed E-state index contributed by atoms with van der Waals surface area (Å²) in [6, 6.07) is 0. The van der Waals surface area contributed by atoms with Gasteiger partial charge in [0.2, 0.25) is 5.91 Å². The molecule has 4 aliphatic carbocycles. The van der Waals surface area contributed by atoms with Crippen molar-refractivity contribution in [3.05, 3.63) is 0 Å². The lowest BCUT2D eigenvalue weighted by Gasteiger charge is -2.67. The van der Waals surface area contributed by atoms with E-state index in [4.69, 9.17) is 0 Å². The van der Waals surface area contributed by atoms with Crippen LogP contribution in [0.4, 0.5) is 0 Å². The number of hydrogen-bond acceptors (Lipinski definition) is 5. The van der Waals surface area contributed by atoms with Crippen LogP contribution < -0.4 is 5.32 Å². The highest BCUT2D eigenvalue weighted by molar-refractivity contribution is 5.75. The fourth-order valence-electron chi connectivity index (χ4n) is 13.7. The Morgan fingerprint density at radius 1 is 0.672 bits per heavy atom. The summed E-state index contributed by atoms with van der Waals surface area (Å²) in [4.78, 5) is 15.9. The van der Waals surface area contributed by atoms with Crippen LogP contribution in [-0.4, -0.2) is 70.6 Å². The predicted octanol–water partition coefficient (Wildman–Crippen LogP) is 12.4. The number of fused-ring (bicyclic) bond motifs is 5. The number of amides is 1. The molecule has 1 amide bonds. The van der Waals surface area contributed by atoms with E-state index in [1.807, 2.05) is 0 Å². The zero-order valence-electron chi connectivity index (χ0n) is 39.4. The predicted molar refractivity (Wildman–Crippen MR) is 245 cm³/mol. The van der Waals surface area contributed by atoms with Crippen LogP contribution in [0.5, 0.6) is 0 Å². The number of hydrogen-bond donors (Lipinski definition) is 4. The summed E-state index contributed by atoms with van der Waals surface area (Å²) in [6.07, 6.45) is 35.3. The van der Waals surface area contributed by atoms with Crippen molar-refractivity contribution in [1.82, 2.24) is 10.2 Å². The van der Waals surface area contributed by atoms with Crippen LogP contribution >= 0.6 is 0 Å². The first-order valence-electron chi connectivity index (χ1n) is 25.9. The Balaban J connectivity index is 1.17. The number of nitrogens with zero attached hydrogens (tertiary/aromatic N) is 1. The van der Waals surface area contributed by atoms with E-state index in [1.54, 1.807) is 0 Å². The molecule has 58 heavy (non-hydrogen) atoms. The summed E-state index contributed by atoms with van der Waals surface area (Å²) < 4.78 is 0. The van der Waals surface area contributed by atoms with Crippen molar-refractivity contribution in [2.45, 2.75) is 252 Å². The highest BCUT2D eigenvalue weighted by Crippen LogP contribution is 2.71. The molecule has 6 heteroatoms. The van der Waals surface area contributed by atoms with Crippen LogP contribution in [0.1, 0.15) is 234 Å². The quantitative estimate of drug-likeness (QED) is 0.0542. The van der Waals surface area contributed by atoms with E-state index in [-0.39, 0.29) is 46.4 Å². The summed E-state index contributed by atoms with van der Waals surface area (Å²) in [5.41, 5.74) is -0.269. The van der Waals surface area contributed by atoms with Gasteiger partial charge in [-0.15, -0.1) is 0 Å². The lowest BCUT2D eigenvalue weighted by atomic mass is 9.39. The number of aliphatic hydroxyl groups excluding tert-OH is 3. The smallest absolute Gasteiger partial charge is 0.220 e. The molecule has 6 nitrogen and oxygen atoms in total. The largest absolute Gasteiger partial charge is 0.393 e. The van der Waals surface area contributed by atoms with E-state index in [0.29, 0.717) is 30.1 Å². The fourth-order valence-corrected chi connectivity index (χ4v) is 13.7. The molecule has 0 radical (unpaired) electrons. The van der Waals surface area contributed by atoms with Gasteiger partial charge in [-0.25, -0.2) is 0 Å². The Morgan fingerprint density at radius 3 is 1.74 bits per heavy atom. The minimum absolute atomic E-state index is 0.0388. The van der Waals surface area contributed by atoms with Gasteiger partial charge >= 0.3 is 0 Å². The highest BCUT2D eigenvalue weighted by atomic mass is 16.3. The molecule has 4 aliphatic rings. The van der Waals surface area contributed by atoms with Crippen LogP contribution in [0.3, 0.4) is 0 Å². The van der Waals surface area contributed by atoms with Gasteiger partial charge in [-0.1, -0.05) is 157 Å². The first-order chi connectivity index (χ1) is 27.9. The van der Waals surface area contributed by atoms with Crippen molar-refractivity contribution in [2.24, 2.45) is 45.8 Å². The van der Waals surface area contributed by atoms with Crippen molar-refractivity contribution in [1.29, 1.82) is 0 Å². The zero-order valence-corrected chi connectivity index (χ0v) is 39.4. The summed E-state index contributed by atoms with van der Waals surface area (Å²) in [6.45, 7) is 18.2. The van der Waals surface area contributed by atoms with E-state index < -0.39 is 0 Å². The third-order valence-corrected chi connectivity index (χ3v) is 17.6. The molecule has 2 unspecified atom stereocenters. The monoisotopic (exact) mass is 815 g/mol. The van der Waals surface area contributed by atoms with Gasteiger partial charge in [0.05, 0.1) is 18.3 Å². The Kier molecular flexibility index (Phi) is 21.9. The van der Waals surface area contributed by atoms with E-state index >= 15 is 0 Å². The van der Waals surface area contributed by atoms with Crippen molar-refractivity contribution in [3.63, 3.8) is 0 Å². The standard InChI is InChI=1S/C52H98N2O4/c1-7-9-11-13-15-17-19-21-23-25-35-54(36-26-24-22-20-18-16-14-12-10-8-2)37-27-34-53-48(58)31-28-41(3)43-29-30-44-49-45(38-47(57)52(43,44)6)51(5)33-32-42(55)39-50(51,4)40-46(49)56/h41-47,49,55-57H,7-40H2,1-6H3,(H,53,58)/t41-,42-,43-,44?,45?,46-,47+,49+,50+,51-,52-/m1/s1. The molecule has 0 spiro atoms. The van der Waals surface area contributed by atoms with Gasteiger partial charge in [0.1, 0.15) is 0 Å². The van der Waals surface area contributed by atoms with Crippen molar-refractivity contribution in [2.75, 3.05) is 26.2 Å². The highest BCUT2D eigenvalue weighted by Gasteiger charge is 2.68. The molecule has 0 bridgehead atoms. The van der Waals surface area contributed by atoms with Gasteiger partial charge in [-0.3, -0.25) is 4.79 Å². The zero-order chi connectivity index (χ0) is 42.0. The number of rotatable bonds is 30. The van der Waals surface area contributed by atoms with E-state index in [2.05, 4.69) is 51.8 Å². The summed E-state index contributed by atoms with van der Waals surface area (Å²) in [5, 5.41) is 37.7. The second-order valence-electron chi connectivity index (χ2n) is 21.7. The second-order valence-corrected chi connectivity index (χ2v) is 21.7.